The van der Waals surface area contributed by atoms with Gasteiger partial charge in [0.25, 0.3) is 0 Å². The maximum Gasteiger partial charge on any atom is 0.227 e. The highest BCUT2D eigenvalue weighted by Gasteiger charge is 2.12. The predicted octanol–water partition coefficient (Wildman–Crippen LogP) is 1.34. The van der Waals surface area contributed by atoms with Gasteiger partial charge in [-0.3, -0.25) is 9.89 Å². The normalized spacial score (nSPS) is 11.2. The second-order valence-electron chi connectivity index (χ2n) is 6.41. The van der Waals surface area contributed by atoms with Crippen molar-refractivity contribution in [2.75, 3.05) is 41.8 Å². The van der Waals surface area contributed by atoms with E-state index in [-0.39, 0.29) is 24.9 Å². The van der Waals surface area contributed by atoms with Crippen LogP contribution in [0.2, 0.25) is 0 Å². The number of anilines is 4. The minimum atomic E-state index is -0.192. The van der Waals surface area contributed by atoms with Crippen LogP contribution in [-0.2, 0) is 4.79 Å². The Morgan fingerprint density at radius 2 is 2.14 bits per heavy atom. The molecule has 28 heavy (non-hydrogen) atoms. The quantitative estimate of drug-likeness (QED) is 0.360. The van der Waals surface area contributed by atoms with Gasteiger partial charge >= 0.3 is 0 Å². The summed E-state index contributed by atoms with van der Waals surface area (Å²) in [5.74, 6) is 2.19. The number of carbonyl (C=O) groups is 1. The average molecular weight is 388 g/mol. The molecule has 0 aliphatic carbocycles. The second-order valence-corrected chi connectivity index (χ2v) is 6.41. The van der Waals surface area contributed by atoms with Crippen molar-refractivity contribution < 1.29 is 9.90 Å². The predicted molar refractivity (Wildman–Crippen MR) is 110 cm³/mol. The minimum Gasteiger partial charge on any atom is -0.404 e. The molecule has 6 N–H and O–H groups in total. The highest BCUT2D eigenvalue weighted by Crippen LogP contribution is 2.22. The number of carbonyl (C=O) groups excluding carboxylic acids is 1. The monoisotopic (exact) mass is 388 g/mol. The molecular formula is C18H28N8O2. The number of hydrogen-bond donors (Lipinski definition) is 5. The van der Waals surface area contributed by atoms with E-state index >= 15 is 0 Å². The van der Waals surface area contributed by atoms with Crippen LogP contribution in [0.4, 0.5) is 23.4 Å². The molecule has 0 fully saturated rings. The molecule has 152 valence electrons. The number of nitrogens with zero attached hydrogens (tertiary/aromatic N) is 4. The lowest BCUT2D eigenvalue weighted by Gasteiger charge is -2.22. The zero-order valence-corrected chi connectivity index (χ0v) is 16.4. The van der Waals surface area contributed by atoms with Crippen LogP contribution in [0.3, 0.4) is 0 Å². The molecule has 2 rings (SSSR count). The number of ketones is 1. The Labute approximate surface area is 164 Å². The Kier molecular flexibility index (Phi) is 7.76. The van der Waals surface area contributed by atoms with Crippen molar-refractivity contribution in [3.63, 3.8) is 0 Å². The fourth-order valence-electron chi connectivity index (χ4n) is 2.45. The number of aromatic amines is 1. The van der Waals surface area contributed by atoms with Crippen LogP contribution >= 0.6 is 0 Å². The third kappa shape index (κ3) is 5.95. The van der Waals surface area contributed by atoms with E-state index in [0.717, 1.165) is 5.69 Å². The van der Waals surface area contributed by atoms with E-state index in [1.807, 2.05) is 17.9 Å². The average Bonchev–Trinajstić information content (AvgIpc) is 3.13. The van der Waals surface area contributed by atoms with Crippen molar-refractivity contribution >= 4 is 29.2 Å². The van der Waals surface area contributed by atoms with Gasteiger partial charge in [-0.2, -0.15) is 15.1 Å². The Balaban J connectivity index is 2.27. The van der Waals surface area contributed by atoms with Crippen molar-refractivity contribution in [3.8, 4) is 0 Å². The van der Waals surface area contributed by atoms with E-state index in [1.54, 1.807) is 6.07 Å². The summed E-state index contributed by atoms with van der Waals surface area (Å²) in [5.41, 5.74) is 6.24. The number of hydrogen-bond acceptors (Lipinski definition) is 9. The van der Waals surface area contributed by atoms with E-state index in [0.29, 0.717) is 36.5 Å². The van der Waals surface area contributed by atoms with Gasteiger partial charge in [0.2, 0.25) is 5.95 Å². The number of nitrogens with two attached hydrogens (primary N) is 1. The highest BCUT2D eigenvalue weighted by molar-refractivity contribution is 5.92. The van der Waals surface area contributed by atoms with Crippen LogP contribution in [0, 0.1) is 0 Å². The first kappa shape index (κ1) is 21.2. The highest BCUT2D eigenvalue weighted by atomic mass is 16.3. The van der Waals surface area contributed by atoms with Gasteiger partial charge in [-0.05, 0) is 25.1 Å². The topological polar surface area (TPSA) is 145 Å². The van der Waals surface area contributed by atoms with Crippen LogP contribution in [0.25, 0.3) is 0 Å². The fraction of sp³-hybridized carbons (Fsp3) is 0.444. The Bertz CT molecular complexity index is 803. The van der Waals surface area contributed by atoms with E-state index < -0.39 is 0 Å². The number of H-pyrrole nitrogens is 1. The largest absolute Gasteiger partial charge is 0.404 e. The van der Waals surface area contributed by atoms with Crippen LogP contribution in [0.15, 0.2) is 24.4 Å². The van der Waals surface area contributed by atoms with Crippen LogP contribution < -0.4 is 21.3 Å². The molecule has 2 aromatic rings. The van der Waals surface area contributed by atoms with E-state index in [4.69, 9.17) is 5.73 Å². The summed E-state index contributed by atoms with van der Waals surface area (Å²) < 4.78 is 0. The smallest absolute Gasteiger partial charge is 0.227 e. The lowest BCUT2D eigenvalue weighted by atomic mass is 10.1. The molecule has 0 radical (unpaired) electrons. The van der Waals surface area contributed by atoms with Crippen molar-refractivity contribution in [1.29, 1.82) is 0 Å². The van der Waals surface area contributed by atoms with Gasteiger partial charge in [-0.1, -0.05) is 13.8 Å². The van der Waals surface area contributed by atoms with Gasteiger partial charge in [0, 0.05) is 30.9 Å². The number of likely N-dealkylation sites (N-methyl/N-ethyl adjacent to an activating group) is 1. The van der Waals surface area contributed by atoms with Crippen LogP contribution in [-0.4, -0.2) is 57.3 Å². The SMILES string of the molecule is CCN(CCO)c1cc(Nc2cc(C(C)C)[nH]n2)nc(NCC(=O)/C=C\N)n1. The molecule has 0 aliphatic rings. The zero-order chi connectivity index (χ0) is 20.5. The molecule has 10 heteroatoms. The molecule has 0 atom stereocenters. The Morgan fingerprint density at radius 3 is 2.75 bits per heavy atom. The van der Waals surface area contributed by atoms with Gasteiger partial charge in [0.15, 0.2) is 11.6 Å². The molecule has 0 aliphatic heterocycles. The minimum absolute atomic E-state index is 0.000260. The molecule has 2 heterocycles. The third-order valence-electron chi connectivity index (χ3n) is 3.97. The van der Waals surface area contributed by atoms with Crippen molar-refractivity contribution in [2.45, 2.75) is 26.7 Å². The number of aliphatic hydroxyl groups is 1. The summed E-state index contributed by atoms with van der Waals surface area (Å²) in [7, 11) is 0. The Hall–Kier alpha value is -3.14. The number of aromatic nitrogens is 4. The maximum atomic E-state index is 11.7. The molecule has 0 bridgehead atoms. The third-order valence-corrected chi connectivity index (χ3v) is 3.97. The standard InChI is InChI=1S/C18H28N8O2/c1-4-26(7-8-27)17-10-15(21-16-9-14(12(2)3)24-25-16)22-18(23-17)20-11-13(28)5-6-19/h5-6,9-10,12,27H,4,7-8,11,19H2,1-3H3,(H3,20,21,22,23,24,25)/b6-5-. The van der Waals surface area contributed by atoms with E-state index in [2.05, 4.69) is 44.6 Å². The van der Waals surface area contributed by atoms with Crippen LogP contribution in [0.1, 0.15) is 32.4 Å². The summed E-state index contributed by atoms with van der Waals surface area (Å²) in [6.45, 7) is 7.22. The molecule has 0 spiro atoms. The van der Waals surface area contributed by atoms with Gasteiger partial charge < -0.3 is 26.4 Å². The van der Waals surface area contributed by atoms with Gasteiger partial charge in [0.1, 0.15) is 11.6 Å². The first-order valence-electron chi connectivity index (χ1n) is 9.19. The number of aliphatic hydroxyl groups excluding tert-OH is 1. The molecule has 0 saturated heterocycles. The van der Waals surface area contributed by atoms with E-state index in [1.165, 1.54) is 12.3 Å². The lowest BCUT2D eigenvalue weighted by Crippen LogP contribution is -2.27. The molecule has 0 amide bonds. The summed E-state index contributed by atoms with van der Waals surface area (Å²) >= 11 is 0. The molecular weight excluding hydrogens is 360 g/mol. The molecule has 0 unspecified atom stereocenters. The van der Waals surface area contributed by atoms with Crippen molar-refractivity contribution in [1.82, 2.24) is 20.2 Å². The lowest BCUT2D eigenvalue weighted by molar-refractivity contribution is -0.113. The first-order chi connectivity index (χ1) is 13.5. The molecule has 10 nitrogen and oxygen atoms in total. The van der Waals surface area contributed by atoms with Gasteiger partial charge in [-0.25, -0.2) is 0 Å². The molecule has 2 aromatic heterocycles. The molecule has 0 saturated carbocycles. The Morgan fingerprint density at radius 1 is 1.36 bits per heavy atom. The summed E-state index contributed by atoms with van der Waals surface area (Å²) in [5, 5.41) is 22.6. The fourth-order valence-corrected chi connectivity index (χ4v) is 2.45. The first-order valence-corrected chi connectivity index (χ1v) is 9.19. The summed E-state index contributed by atoms with van der Waals surface area (Å²) in [4.78, 5) is 22.4. The molecule has 0 aromatic carbocycles. The maximum absolute atomic E-state index is 11.7. The number of nitrogens with one attached hydrogen (secondary N) is 3. The summed E-state index contributed by atoms with van der Waals surface area (Å²) in [6, 6.07) is 3.69. The van der Waals surface area contributed by atoms with Gasteiger partial charge in [-0.15, -0.1) is 0 Å². The van der Waals surface area contributed by atoms with Crippen molar-refractivity contribution in [3.05, 3.63) is 30.1 Å². The second kappa shape index (κ2) is 10.3. The van der Waals surface area contributed by atoms with E-state index in [9.17, 15) is 9.90 Å². The zero-order valence-electron chi connectivity index (χ0n) is 16.4. The van der Waals surface area contributed by atoms with Crippen LogP contribution in [0.5, 0.6) is 0 Å². The van der Waals surface area contributed by atoms with Gasteiger partial charge in [0.05, 0.1) is 13.2 Å². The number of rotatable bonds is 11. The van der Waals surface area contributed by atoms with Crippen molar-refractivity contribution in [2.24, 2.45) is 5.73 Å². The summed E-state index contributed by atoms with van der Waals surface area (Å²) in [6.07, 6.45) is 2.47.